The first kappa shape index (κ1) is 14.7. The molecule has 0 saturated carbocycles. The van der Waals surface area contributed by atoms with Gasteiger partial charge in [-0.05, 0) is 36.2 Å². The molecule has 0 aromatic heterocycles. The number of hydrogen-bond donors (Lipinski definition) is 1. The Bertz CT molecular complexity index is 616. The zero-order valence-electron chi connectivity index (χ0n) is 12.2. The van der Waals surface area contributed by atoms with Crippen LogP contribution in [0.4, 0.5) is 0 Å². The number of phenolic OH excluding ortho intramolecular Hbond substituents is 1. The van der Waals surface area contributed by atoms with Gasteiger partial charge in [0, 0.05) is 11.0 Å². The van der Waals surface area contributed by atoms with Gasteiger partial charge in [-0.3, -0.25) is 0 Å². The van der Waals surface area contributed by atoms with E-state index in [0.717, 1.165) is 22.4 Å². The molecule has 2 rings (SSSR count). The third kappa shape index (κ3) is 2.61. The number of methoxy groups -OCH3 is 1. The van der Waals surface area contributed by atoms with Crippen LogP contribution in [0.25, 0.3) is 0 Å². The van der Waals surface area contributed by atoms with Crippen molar-refractivity contribution in [2.24, 2.45) is 0 Å². The molecule has 0 aliphatic heterocycles. The number of ether oxygens (including phenoxy) is 1. The Kier molecular flexibility index (Phi) is 3.96. The van der Waals surface area contributed by atoms with Crippen molar-refractivity contribution in [3.05, 3.63) is 58.1 Å². The second kappa shape index (κ2) is 5.37. The number of aromatic hydroxyl groups is 1. The molecule has 0 saturated heterocycles. The van der Waals surface area contributed by atoms with E-state index in [2.05, 4.69) is 13.8 Å². The van der Waals surface area contributed by atoms with Crippen molar-refractivity contribution in [1.82, 2.24) is 0 Å². The van der Waals surface area contributed by atoms with Gasteiger partial charge in [0.1, 0.15) is 11.5 Å². The minimum absolute atomic E-state index is 0.151. The fraction of sp³-hybridized carbons (Fsp3) is 0.294. The Morgan fingerprint density at radius 3 is 2.25 bits per heavy atom. The highest BCUT2D eigenvalue weighted by Crippen LogP contribution is 2.41. The summed E-state index contributed by atoms with van der Waals surface area (Å²) in [7, 11) is 1.65. The Hall–Kier alpha value is -1.67. The predicted octanol–water partition coefficient (Wildman–Crippen LogP) is 4.69. The average molecular weight is 291 g/mol. The molecule has 0 aliphatic carbocycles. The SMILES string of the molecule is COc1ccc(C(C)(C)c2cc(C)cc(Cl)c2O)cc1. The molecule has 106 valence electrons. The molecular weight excluding hydrogens is 272 g/mol. The van der Waals surface area contributed by atoms with E-state index in [0.29, 0.717) is 5.02 Å². The van der Waals surface area contributed by atoms with Gasteiger partial charge in [-0.25, -0.2) is 0 Å². The molecule has 2 nitrogen and oxygen atoms in total. The normalized spacial score (nSPS) is 11.4. The van der Waals surface area contributed by atoms with Gasteiger partial charge in [0.2, 0.25) is 0 Å². The van der Waals surface area contributed by atoms with E-state index < -0.39 is 0 Å². The van der Waals surface area contributed by atoms with Gasteiger partial charge in [0.25, 0.3) is 0 Å². The summed E-state index contributed by atoms with van der Waals surface area (Å²) in [5.41, 5.74) is 2.61. The lowest BCUT2D eigenvalue weighted by molar-refractivity contribution is 0.414. The standard InChI is InChI=1S/C17H19ClO2/c1-11-9-14(16(19)15(18)10-11)17(2,3)12-5-7-13(20-4)8-6-12/h5-10,19H,1-4H3. The Balaban J connectivity index is 2.53. The molecule has 0 bridgehead atoms. The van der Waals surface area contributed by atoms with Gasteiger partial charge in [0.05, 0.1) is 12.1 Å². The molecule has 2 aromatic carbocycles. The fourth-order valence-corrected chi connectivity index (χ4v) is 2.65. The lowest BCUT2D eigenvalue weighted by atomic mass is 9.77. The summed E-state index contributed by atoms with van der Waals surface area (Å²) >= 11 is 6.09. The second-order valence-corrected chi connectivity index (χ2v) is 5.90. The fourth-order valence-electron chi connectivity index (χ4n) is 2.37. The van der Waals surface area contributed by atoms with E-state index in [9.17, 15) is 5.11 Å². The second-order valence-electron chi connectivity index (χ2n) is 5.50. The van der Waals surface area contributed by atoms with Crippen LogP contribution in [-0.2, 0) is 5.41 Å². The molecule has 3 heteroatoms. The lowest BCUT2D eigenvalue weighted by Crippen LogP contribution is -2.19. The van der Waals surface area contributed by atoms with E-state index in [-0.39, 0.29) is 11.2 Å². The predicted molar refractivity (Wildman–Crippen MR) is 83.0 cm³/mol. The molecule has 1 N–H and O–H groups in total. The number of halogens is 1. The van der Waals surface area contributed by atoms with Crippen LogP contribution < -0.4 is 4.74 Å². The number of aryl methyl sites for hydroxylation is 1. The van der Waals surface area contributed by atoms with Crippen molar-refractivity contribution in [2.45, 2.75) is 26.2 Å². The third-order valence-corrected chi connectivity index (χ3v) is 3.98. The summed E-state index contributed by atoms with van der Waals surface area (Å²) in [6.45, 7) is 6.11. The molecule has 0 aliphatic rings. The highest BCUT2D eigenvalue weighted by molar-refractivity contribution is 6.32. The summed E-state index contributed by atoms with van der Waals surface area (Å²) < 4.78 is 5.18. The first-order chi connectivity index (χ1) is 9.36. The maximum Gasteiger partial charge on any atom is 0.138 e. The summed E-state index contributed by atoms with van der Waals surface area (Å²) in [5, 5.41) is 10.7. The Morgan fingerprint density at radius 2 is 1.70 bits per heavy atom. The van der Waals surface area contributed by atoms with E-state index in [1.807, 2.05) is 37.3 Å². The zero-order valence-corrected chi connectivity index (χ0v) is 13.0. The van der Waals surface area contributed by atoms with E-state index in [4.69, 9.17) is 16.3 Å². The zero-order chi connectivity index (χ0) is 14.9. The molecular formula is C17H19ClO2. The molecule has 2 aromatic rings. The van der Waals surface area contributed by atoms with Crippen LogP contribution in [-0.4, -0.2) is 12.2 Å². The van der Waals surface area contributed by atoms with E-state index in [1.54, 1.807) is 13.2 Å². The van der Waals surface area contributed by atoms with Gasteiger partial charge < -0.3 is 9.84 Å². The molecule has 0 heterocycles. The molecule has 0 atom stereocenters. The first-order valence-corrected chi connectivity index (χ1v) is 6.88. The van der Waals surface area contributed by atoms with Crippen molar-refractivity contribution in [3.8, 4) is 11.5 Å². The monoisotopic (exact) mass is 290 g/mol. The first-order valence-electron chi connectivity index (χ1n) is 6.50. The summed E-state index contributed by atoms with van der Waals surface area (Å²) in [6.07, 6.45) is 0. The number of phenols is 1. The van der Waals surface area contributed by atoms with Crippen LogP contribution in [0.1, 0.15) is 30.5 Å². The summed E-state index contributed by atoms with van der Waals surface area (Å²) in [5.74, 6) is 0.967. The van der Waals surface area contributed by atoms with Crippen LogP contribution >= 0.6 is 11.6 Å². The van der Waals surface area contributed by atoms with Crippen LogP contribution in [0.15, 0.2) is 36.4 Å². The van der Waals surface area contributed by atoms with Crippen molar-refractivity contribution in [1.29, 1.82) is 0 Å². The van der Waals surface area contributed by atoms with Crippen molar-refractivity contribution < 1.29 is 9.84 Å². The molecule has 0 unspecified atom stereocenters. The number of benzene rings is 2. The van der Waals surface area contributed by atoms with Crippen LogP contribution in [0.5, 0.6) is 11.5 Å². The molecule has 20 heavy (non-hydrogen) atoms. The van der Waals surface area contributed by atoms with E-state index >= 15 is 0 Å². The van der Waals surface area contributed by atoms with Crippen LogP contribution in [0.3, 0.4) is 0 Å². The van der Waals surface area contributed by atoms with Gasteiger partial charge >= 0.3 is 0 Å². The molecule has 0 spiro atoms. The average Bonchev–Trinajstić information content (AvgIpc) is 2.42. The minimum atomic E-state index is -0.341. The quantitative estimate of drug-likeness (QED) is 0.889. The summed E-state index contributed by atoms with van der Waals surface area (Å²) in [4.78, 5) is 0. The van der Waals surface area contributed by atoms with Gasteiger partial charge in [-0.2, -0.15) is 0 Å². The largest absolute Gasteiger partial charge is 0.506 e. The van der Waals surface area contributed by atoms with Gasteiger partial charge in [-0.15, -0.1) is 0 Å². The minimum Gasteiger partial charge on any atom is -0.506 e. The lowest BCUT2D eigenvalue weighted by Gasteiger charge is -2.28. The van der Waals surface area contributed by atoms with Crippen LogP contribution in [0.2, 0.25) is 5.02 Å². The molecule has 0 fully saturated rings. The van der Waals surface area contributed by atoms with Crippen LogP contribution in [0, 0.1) is 6.92 Å². The highest BCUT2D eigenvalue weighted by atomic mass is 35.5. The van der Waals surface area contributed by atoms with Crippen molar-refractivity contribution in [2.75, 3.05) is 7.11 Å². The third-order valence-electron chi connectivity index (χ3n) is 3.69. The Morgan fingerprint density at radius 1 is 1.10 bits per heavy atom. The molecule has 0 amide bonds. The topological polar surface area (TPSA) is 29.5 Å². The number of rotatable bonds is 3. The Labute approximate surface area is 125 Å². The smallest absolute Gasteiger partial charge is 0.138 e. The highest BCUT2D eigenvalue weighted by Gasteiger charge is 2.27. The van der Waals surface area contributed by atoms with Crippen molar-refractivity contribution >= 4 is 11.6 Å². The maximum atomic E-state index is 10.3. The van der Waals surface area contributed by atoms with Crippen molar-refractivity contribution in [3.63, 3.8) is 0 Å². The maximum absolute atomic E-state index is 10.3. The van der Waals surface area contributed by atoms with Gasteiger partial charge in [-0.1, -0.05) is 43.6 Å². The van der Waals surface area contributed by atoms with E-state index in [1.165, 1.54) is 0 Å². The van der Waals surface area contributed by atoms with Gasteiger partial charge in [0.15, 0.2) is 0 Å². The molecule has 0 radical (unpaired) electrons. The summed E-state index contributed by atoms with van der Waals surface area (Å²) in [6, 6.07) is 11.6. The number of hydrogen-bond acceptors (Lipinski definition) is 2.